The summed E-state index contributed by atoms with van der Waals surface area (Å²) in [6.07, 6.45) is 1.80. The highest BCUT2D eigenvalue weighted by molar-refractivity contribution is 14.0. The third-order valence-electron chi connectivity index (χ3n) is 4.72. The Balaban J connectivity index is 0.00000341. The second-order valence-corrected chi connectivity index (χ2v) is 8.01. The molecule has 0 spiro atoms. The number of carbonyl (C=O) groups excluding carboxylic acids is 1. The van der Waals surface area contributed by atoms with E-state index < -0.39 is 6.10 Å². The lowest BCUT2D eigenvalue weighted by atomic mass is 10.2. The first-order chi connectivity index (χ1) is 14.6. The predicted octanol–water partition coefficient (Wildman–Crippen LogP) is 2.81. The maximum Gasteiger partial charge on any atom is 0.241 e. The van der Waals surface area contributed by atoms with E-state index in [-0.39, 0.29) is 36.4 Å². The van der Waals surface area contributed by atoms with Crippen LogP contribution in [-0.2, 0) is 11.2 Å². The van der Waals surface area contributed by atoms with Gasteiger partial charge in [-0.1, -0.05) is 24.3 Å². The fraction of sp³-hybridized carbons (Fsp3) is 0.318. The van der Waals surface area contributed by atoms with Crippen molar-refractivity contribution >= 4 is 57.3 Å². The number of carbonyl (C=O) groups is 1. The number of rotatable bonds is 8. The van der Waals surface area contributed by atoms with Crippen molar-refractivity contribution in [2.75, 3.05) is 33.7 Å². The van der Waals surface area contributed by atoms with Gasteiger partial charge in [-0.05, 0) is 29.7 Å². The van der Waals surface area contributed by atoms with Crippen molar-refractivity contribution in [2.24, 2.45) is 4.99 Å². The molecule has 3 N–H and O–H groups in total. The summed E-state index contributed by atoms with van der Waals surface area (Å²) in [5, 5.41) is 17.7. The summed E-state index contributed by atoms with van der Waals surface area (Å²) in [4.78, 5) is 23.3. The third kappa shape index (κ3) is 7.44. The first kappa shape index (κ1) is 25.0. The molecule has 31 heavy (non-hydrogen) atoms. The largest absolute Gasteiger partial charge is 0.386 e. The smallest absolute Gasteiger partial charge is 0.241 e. The number of halogens is 1. The summed E-state index contributed by atoms with van der Waals surface area (Å²) in [5.74, 6) is 0.431. The van der Waals surface area contributed by atoms with Gasteiger partial charge in [-0.3, -0.25) is 14.8 Å². The first-order valence-electron chi connectivity index (χ1n) is 9.81. The average Bonchev–Trinajstić information content (AvgIpc) is 3.22. The van der Waals surface area contributed by atoms with Crippen molar-refractivity contribution in [3.63, 3.8) is 0 Å². The molecule has 1 aromatic carbocycles. The van der Waals surface area contributed by atoms with Crippen LogP contribution in [0.15, 0.2) is 59.7 Å². The monoisotopic (exact) mass is 553 g/mol. The van der Waals surface area contributed by atoms with E-state index in [9.17, 15) is 9.90 Å². The lowest BCUT2D eigenvalue weighted by molar-refractivity contribution is -0.128. The van der Waals surface area contributed by atoms with Crippen LogP contribution < -0.4 is 10.6 Å². The molecule has 7 nitrogen and oxygen atoms in total. The number of hydrogen-bond donors (Lipinski definition) is 3. The van der Waals surface area contributed by atoms with Gasteiger partial charge in [0.25, 0.3) is 0 Å². The van der Waals surface area contributed by atoms with Gasteiger partial charge in [-0.25, -0.2) is 0 Å². The number of guanidine groups is 1. The maximum atomic E-state index is 12.4. The van der Waals surface area contributed by atoms with E-state index >= 15 is 0 Å². The summed E-state index contributed by atoms with van der Waals surface area (Å²) < 4.78 is 1.15. The molecule has 0 bridgehead atoms. The Morgan fingerprint density at radius 3 is 2.71 bits per heavy atom. The van der Waals surface area contributed by atoms with Gasteiger partial charge in [0, 0.05) is 55.1 Å². The molecule has 0 aliphatic carbocycles. The normalized spacial score (nSPS) is 12.2. The first-order valence-corrected chi connectivity index (χ1v) is 10.6. The summed E-state index contributed by atoms with van der Waals surface area (Å²) in [6, 6.07) is 15.8. The Labute approximate surface area is 203 Å². The van der Waals surface area contributed by atoms with Crippen molar-refractivity contribution in [3.8, 4) is 0 Å². The van der Waals surface area contributed by atoms with Crippen molar-refractivity contribution in [1.82, 2.24) is 20.5 Å². The molecule has 0 aliphatic heterocycles. The maximum absolute atomic E-state index is 12.4. The number of aliphatic imine (C=N–C) groups is 1. The minimum atomic E-state index is -0.655. The van der Waals surface area contributed by atoms with Crippen LogP contribution in [0.1, 0.15) is 16.7 Å². The van der Waals surface area contributed by atoms with Gasteiger partial charge in [0.1, 0.15) is 6.10 Å². The molecule has 2 aromatic heterocycles. The van der Waals surface area contributed by atoms with E-state index in [0.29, 0.717) is 25.5 Å². The number of aliphatic hydroxyl groups is 1. The molecule has 9 heteroatoms. The molecular weight excluding hydrogens is 525 g/mol. The Kier molecular flexibility index (Phi) is 10.2. The predicted molar refractivity (Wildman–Crippen MR) is 137 cm³/mol. The number of amides is 1. The van der Waals surface area contributed by atoms with E-state index in [1.165, 1.54) is 0 Å². The van der Waals surface area contributed by atoms with Gasteiger partial charge in [0.05, 0.1) is 6.54 Å². The van der Waals surface area contributed by atoms with E-state index in [1.54, 1.807) is 36.5 Å². The molecular formula is C22H28IN5O2S. The van der Waals surface area contributed by atoms with Crippen LogP contribution in [0.4, 0.5) is 0 Å². The Morgan fingerprint density at radius 2 is 2.00 bits per heavy atom. The minimum Gasteiger partial charge on any atom is -0.386 e. The highest BCUT2D eigenvalue weighted by Gasteiger charge is 2.13. The highest BCUT2D eigenvalue weighted by Crippen LogP contribution is 2.29. The van der Waals surface area contributed by atoms with E-state index in [2.05, 4.69) is 20.6 Å². The second kappa shape index (κ2) is 12.6. The van der Waals surface area contributed by atoms with Crippen molar-refractivity contribution in [1.29, 1.82) is 0 Å². The average molecular weight is 553 g/mol. The number of pyridine rings is 1. The van der Waals surface area contributed by atoms with Crippen molar-refractivity contribution < 1.29 is 9.90 Å². The molecule has 0 saturated heterocycles. The number of benzene rings is 1. The van der Waals surface area contributed by atoms with Crippen molar-refractivity contribution in [2.45, 2.75) is 12.5 Å². The Hall–Kier alpha value is -2.24. The molecule has 0 saturated carbocycles. The summed E-state index contributed by atoms with van der Waals surface area (Å²) in [5.41, 5.74) is 0.956. The zero-order valence-corrected chi connectivity index (χ0v) is 20.8. The molecule has 0 radical (unpaired) electrons. The summed E-state index contributed by atoms with van der Waals surface area (Å²) in [7, 11) is 3.41. The van der Waals surface area contributed by atoms with Crippen LogP contribution in [0.5, 0.6) is 0 Å². The molecule has 166 valence electrons. The number of nitrogens with one attached hydrogen (secondary N) is 2. The molecule has 1 unspecified atom stereocenters. The van der Waals surface area contributed by atoms with Gasteiger partial charge >= 0.3 is 0 Å². The fourth-order valence-corrected chi connectivity index (χ4v) is 3.98. The molecule has 3 aromatic rings. The minimum absolute atomic E-state index is 0. The topological polar surface area (TPSA) is 89.9 Å². The van der Waals surface area contributed by atoms with Crippen LogP contribution >= 0.6 is 35.3 Å². The van der Waals surface area contributed by atoms with Crippen LogP contribution in [0, 0.1) is 0 Å². The van der Waals surface area contributed by atoms with Gasteiger partial charge in [-0.15, -0.1) is 35.3 Å². The molecule has 0 aliphatic rings. The van der Waals surface area contributed by atoms with Crippen LogP contribution in [0.3, 0.4) is 0 Å². The fourth-order valence-electron chi connectivity index (χ4n) is 2.93. The quantitative estimate of drug-likeness (QED) is 0.227. The number of aliphatic hydroxyl groups excluding tert-OH is 1. The lowest BCUT2D eigenvalue weighted by Crippen LogP contribution is -2.45. The van der Waals surface area contributed by atoms with Gasteiger partial charge in [0.15, 0.2) is 5.96 Å². The summed E-state index contributed by atoms with van der Waals surface area (Å²) >= 11 is 1.57. The number of aromatic nitrogens is 1. The SMILES string of the molecule is CN=C(NCC(=O)N(C)CCc1ccccn1)NCC(O)c1cc2ccccc2s1.I. The zero-order valence-electron chi connectivity index (χ0n) is 17.6. The summed E-state index contributed by atoms with van der Waals surface area (Å²) in [6.45, 7) is 1.02. The molecule has 1 amide bonds. The van der Waals surface area contributed by atoms with E-state index in [1.807, 2.05) is 48.5 Å². The molecule has 2 heterocycles. The molecule has 0 fully saturated rings. The van der Waals surface area contributed by atoms with Crippen molar-refractivity contribution in [3.05, 3.63) is 65.3 Å². The Morgan fingerprint density at radius 1 is 1.23 bits per heavy atom. The third-order valence-corrected chi connectivity index (χ3v) is 5.94. The van der Waals surface area contributed by atoms with E-state index in [4.69, 9.17) is 0 Å². The van der Waals surface area contributed by atoms with Crippen LogP contribution in [0.2, 0.25) is 0 Å². The highest BCUT2D eigenvalue weighted by atomic mass is 127. The molecule has 1 atom stereocenters. The van der Waals surface area contributed by atoms with Gasteiger partial charge < -0.3 is 20.6 Å². The second-order valence-electron chi connectivity index (χ2n) is 6.90. The standard InChI is InChI=1S/C22H27N5O2S.HI/c1-23-22(25-14-18(28)20-13-16-7-3-4-9-19(16)30-20)26-15-21(29)27(2)12-10-17-8-5-6-11-24-17;/h3-9,11,13,18,28H,10,12,14-15H2,1-2H3,(H2,23,25,26);1H. The lowest BCUT2D eigenvalue weighted by Gasteiger charge is -2.19. The van der Waals surface area contributed by atoms with E-state index in [0.717, 1.165) is 20.7 Å². The number of thiophene rings is 1. The zero-order chi connectivity index (χ0) is 21.3. The molecule has 3 rings (SSSR count). The van der Waals surface area contributed by atoms with Gasteiger partial charge in [0.2, 0.25) is 5.91 Å². The van der Waals surface area contributed by atoms with Gasteiger partial charge in [-0.2, -0.15) is 0 Å². The van der Waals surface area contributed by atoms with Crippen LogP contribution in [-0.4, -0.2) is 60.6 Å². The van der Waals surface area contributed by atoms with Crippen LogP contribution in [0.25, 0.3) is 10.1 Å². The Bertz CT molecular complexity index is 963. The number of hydrogen-bond acceptors (Lipinski definition) is 5. The number of likely N-dealkylation sites (N-methyl/N-ethyl adjacent to an activating group) is 1. The number of fused-ring (bicyclic) bond motifs is 1. The number of nitrogens with zero attached hydrogens (tertiary/aromatic N) is 3.